The lowest BCUT2D eigenvalue weighted by molar-refractivity contribution is -0.121. The van der Waals surface area contributed by atoms with Crippen molar-refractivity contribution in [2.24, 2.45) is 0 Å². The van der Waals surface area contributed by atoms with Crippen molar-refractivity contribution in [3.05, 3.63) is 64.7 Å². The molecule has 0 saturated carbocycles. The first-order valence-corrected chi connectivity index (χ1v) is 7.72. The highest BCUT2D eigenvalue weighted by Gasteiger charge is 2.36. The molecular weight excluding hydrogens is 330 g/mol. The van der Waals surface area contributed by atoms with Gasteiger partial charge in [0.25, 0.3) is 11.8 Å². The smallest absolute Gasteiger partial charge is 0.258 e. The molecule has 0 aromatic heterocycles. The van der Waals surface area contributed by atoms with Crippen molar-refractivity contribution < 1.29 is 14.3 Å². The number of ether oxygens (including phenoxy) is 1. The van der Waals surface area contributed by atoms with E-state index in [2.05, 4.69) is 16.2 Å². The molecule has 3 N–H and O–H groups in total. The van der Waals surface area contributed by atoms with Crippen LogP contribution < -0.4 is 20.9 Å². The van der Waals surface area contributed by atoms with E-state index in [1.54, 1.807) is 43.5 Å². The lowest BCUT2D eigenvalue weighted by Crippen LogP contribution is -2.42. The van der Waals surface area contributed by atoms with Gasteiger partial charge in [-0.2, -0.15) is 0 Å². The summed E-state index contributed by atoms with van der Waals surface area (Å²) in [7, 11) is 1.59. The summed E-state index contributed by atoms with van der Waals surface area (Å²) < 4.78 is 5.13. The highest BCUT2D eigenvalue weighted by Crippen LogP contribution is 2.23. The summed E-state index contributed by atoms with van der Waals surface area (Å²) in [6.45, 7) is 0. The minimum absolute atomic E-state index is 0.293. The molecule has 0 unspecified atom stereocenters. The molecule has 1 heterocycles. The summed E-state index contributed by atoms with van der Waals surface area (Å²) in [4.78, 5) is 24.4. The second kappa shape index (κ2) is 6.90. The molecule has 2 amide bonds. The molecule has 2 atom stereocenters. The first-order chi connectivity index (χ1) is 11.6. The Bertz CT molecular complexity index is 747. The lowest BCUT2D eigenvalue weighted by atomic mass is 10.00. The fourth-order valence-electron chi connectivity index (χ4n) is 2.52. The molecule has 2 aromatic rings. The summed E-state index contributed by atoms with van der Waals surface area (Å²) in [6.07, 6.45) is 0. The second-order valence-electron chi connectivity index (χ2n) is 5.34. The zero-order chi connectivity index (χ0) is 17.1. The molecule has 1 aliphatic heterocycles. The van der Waals surface area contributed by atoms with Crippen LogP contribution in [0, 0.1) is 0 Å². The summed E-state index contributed by atoms with van der Waals surface area (Å²) in [5.41, 5.74) is 6.75. The Morgan fingerprint density at radius 1 is 1.12 bits per heavy atom. The quantitative estimate of drug-likeness (QED) is 0.789. The highest BCUT2D eigenvalue weighted by atomic mass is 35.5. The third kappa shape index (κ3) is 3.34. The van der Waals surface area contributed by atoms with Crippen LogP contribution in [0.2, 0.25) is 5.02 Å². The molecule has 3 rings (SSSR count). The maximum atomic E-state index is 12.4. The van der Waals surface area contributed by atoms with E-state index < -0.39 is 6.04 Å². The lowest BCUT2D eigenvalue weighted by Gasteiger charge is -2.18. The summed E-state index contributed by atoms with van der Waals surface area (Å²) in [6, 6.07) is 12.7. The van der Waals surface area contributed by atoms with E-state index >= 15 is 0 Å². The number of hydrogen-bond acceptors (Lipinski definition) is 4. The fraction of sp³-hybridized carbons (Fsp3) is 0.176. The van der Waals surface area contributed by atoms with Gasteiger partial charge in [0.2, 0.25) is 0 Å². The van der Waals surface area contributed by atoms with Crippen molar-refractivity contribution in [2.75, 3.05) is 7.11 Å². The van der Waals surface area contributed by atoms with Gasteiger partial charge < -0.3 is 10.1 Å². The number of hydrogen-bond donors (Lipinski definition) is 3. The third-order valence-corrected chi connectivity index (χ3v) is 4.09. The Morgan fingerprint density at radius 3 is 2.42 bits per heavy atom. The Morgan fingerprint density at radius 2 is 1.79 bits per heavy atom. The predicted molar refractivity (Wildman–Crippen MR) is 89.7 cm³/mol. The monoisotopic (exact) mass is 345 g/mol. The number of nitrogens with one attached hydrogen (secondary N) is 3. The van der Waals surface area contributed by atoms with Crippen LogP contribution in [-0.4, -0.2) is 25.0 Å². The molecule has 124 valence electrons. The van der Waals surface area contributed by atoms with Crippen LogP contribution in [-0.2, 0) is 4.79 Å². The average molecular weight is 346 g/mol. The van der Waals surface area contributed by atoms with Gasteiger partial charge >= 0.3 is 0 Å². The Labute approximate surface area is 144 Å². The van der Waals surface area contributed by atoms with E-state index in [4.69, 9.17) is 16.3 Å². The maximum Gasteiger partial charge on any atom is 0.258 e. The van der Waals surface area contributed by atoms with Crippen LogP contribution in [0.15, 0.2) is 48.5 Å². The molecule has 1 fully saturated rings. The Hall–Kier alpha value is -2.57. The van der Waals surface area contributed by atoms with Gasteiger partial charge in [-0.3, -0.25) is 15.0 Å². The number of carbonyl (C=O) groups is 2. The number of rotatable bonds is 4. The molecule has 1 aliphatic rings. The van der Waals surface area contributed by atoms with Gasteiger partial charge in [0, 0.05) is 10.6 Å². The van der Waals surface area contributed by atoms with E-state index in [9.17, 15) is 9.59 Å². The molecule has 0 aliphatic carbocycles. The minimum atomic E-state index is -0.721. The molecule has 0 radical (unpaired) electrons. The summed E-state index contributed by atoms with van der Waals surface area (Å²) in [5, 5.41) is 3.30. The predicted octanol–water partition coefficient (Wildman–Crippen LogP) is 1.82. The standard InChI is InChI=1S/C17H16ClN3O3/c1-24-13-8-4-10(5-9-13)14-15(17(23)21-20-14)19-16(22)11-2-6-12(18)7-3-11/h2-9,14-15,20H,1H3,(H,19,22)(H,21,23)/t14-,15+/m1/s1. The summed E-state index contributed by atoms with van der Waals surface area (Å²) >= 11 is 5.82. The molecule has 7 heteroatoms. The number of benzene rings is 2. The van der Waals surface area contributed by atoms with E-state index in [1.807, 2.05) is 12.1 Å². The van der Waals surface area contributed by atoms with Crippen LogP contribution in [0.4, 0.5) is 0 Å². The van der Waals surface area contributed by atoms with Crippen molar-refractivity contribution in [1.82, 2.24) is 16.2 Å². The maximum absolute atomic E-state index is 12.4. The second-order valence-corrected chi connectivity index (χ2v) is 5.78. The number of hydrazine groups is 1. The number of carbonyl (C=O) groups excluding carboxylic acids is 2. The normalized spacial score (nSPS) is 19.7. The van der Waals surface area contributed by atoms with Gasteiger partial charge in [0.05, 0.1) is 13.2 Å². The van der Waals surface area contributed by atoms with E-state index in [1.165, 1.54) is 0 Å². The molecule has 2 aromatic carbocycles. The van der Waals surface area contributed by atoms with E-state index in [0.29, 0.717) is 10.6 Å². The van der Waals surface area contributed by atoms with Crippen molar-refractivity contribution >= 4 is 23.4 Å². The topological polar surface area (TPSA) is 79.5 Å². The SMILES string of the molecule is COc1ccc([C@H]2NNC(=O)[C@H]2NC(=O)c2ccc(Cl)cc2)cc1. The van der Waals surface area contributed by atoms with Crippen LogP contribution in [0.1, 0.15) is 22.0 Å². The Balaban J connectivity index is 1.77. The molecule has 24 heavy (non-hydrogen) atoms. The highest BCUT2D eigenvalue weighted by molar-refractivity contribution is 6.30. The van der Waals surface area contributed by atoms with Crippen molar-refractivity contribution in [3.8, 4) is 5.75 Å². The van der Waals surface area contributed by atoms with E-state index in [0.717, 1.165) is 11.3 Å². The molecule has 0 spiro atoms. The zero-order valence-corrected chi connectivity index (χ0v) is 13.6. The third-order valence-electron chi connectivity index (χ3n) is 3.83. The van der Waals surface area contributed by atoms with Gasteiger partial charge in [0.15, 0.2) is 0 Å². The number of halogens is 1. The minimum Gasteiger partial charge on any atom is -0.497 e. The molecular formula is C17H16ClN3O3. The van der Waals surface area contributed by atoms with Crippen LogP contribution in [0.5, 0.6) is 5.75 Å². The van der Waals surface area contributed by atoms with E-state index in [-0.39, 0.29) is 17.9 Å². The molecule has 6 nitrogen and oxygen atoms in total. The van der Waals surface area contributed by atoms with Gasteiger partial charge in [-0.1, -0.05) is 23.7 Å². The van der Waals surface area contributed by atoms with Crippen molar-refractivity contribution in [3.63, 3.8) is 0 Å². The van der Waals surface area contributed by atoms with Gasteiger partial charge in [-0.25, -0.2) is 5.43 Å². The first kappa shape index (κ1) is 16.3. The fourth-order valence-corrected chi connectivity index (χ4v) is 2.65. The summed E-state index contributed by atoms with van der Waals surface area (Å²) in [5.74, 6) is 0.0879. The zero-order valence-electron chi connectivity index (χ0n) is 12.9. The van der Waals surface area contributed by atoms with Gasteiger partial charge in [-0.15, -0.1) is 0 Å². The van der Waals surface area contributed by atoms with Crippen molar-refractivity contribution in [2.45, 2.75) is 12.1 Å². The number of methoxy groups -OCH3 is 1. The van der Waals surface area contributed by atoms with Gasteiger partial charge in [0.1, 0.15) is 11.8 Å². The van der Waals surface area contributed by atoms with Crippen LogP contribution in [0.3, 0.4) is 0 Å². The van der Waals surface area contributed by atoms with Crippen LogP contribution >= 0.6 is 11.6 Å². The van der Waals surface area contributed by atoms with Gasteiger partial charge in [-0.05, 0) is 42.0 Å². The number of amides is 2. The Kier molecular flexibility index (Phi) is 4.69. The average Bonchev–Trinajstić information content (AvgIpc) is 2.96. The molecule has 1 saturated heterocycles. The molecule has 0 bridgehead atoms. The van der Waals surface area contributed by atoms with Crippen LogP contribution in [0.25, 0.3) is 0 Å². The van der Waals surface area contributed by atoms with Crippen molar-refractivity contribution in [1.29, 1.82) is 0 Å². The first-order valence-electron chi connectivity index (χ1n) is 7.34. The largest absolute Gasteiger partial charge is 0.497 e.